The number of aromatic nitrogens is 1. The van der Waals surface area contributed by atoms with Crippen molar-refractivity contribution in [2.24, 2.45) is 0 Å². The average Bonchev–Trinajstić information content (AvgIpc) is 3.25. The number of thiazole rings is 1. The molecule has 7 heteroatoms. The van der Waals surface area contributed by atoms with Crippen molar-refractivity contribution >= 4 is 61.9 Å². The zero-order chi connectivity index (χ0) is 18.8. The number of hydrogen-bond acceptors (Lipinski definition) is 4. The minimum atomic E-state index is -0.280. The summed E-state index contributed by atoms with van der Waals surface area (Å²) in [5.74, 6) is 0.879. The zero-order valence-electron chi connectivity index (χ0n) is 13.8. The highest BCUT2D eigenvalue weighted by atomic mass is 35.5. The average molecular weight is 415 g/mol. The molecule has 0 radical (unpaired) electrons. The fourth-order valence-corrected chi connectivity index (χ4v) is 3.92. The Bertz CT molecular complexity index is 1110. The van der Waals surface area contributed by atoms with E-state index < -0.39 is 0 Å². The number of carbonyl (C=O) groups is 1. The van der Waals surface area contributed by atoms with E-state index >= 15 is 0 Å². The van der Waals surface area contributed by atoms with Crippen molar-refractivity contribution in [3.63, 3.8) is 0 Å². The Morgan fingerprint density at radius 1 is 1.07 bits per heavy atom. The van der Waals surface area contributed by atoms with Crippen LogP contribution in [0.3, 0.4) is 0 Å². The molecule has 4 rings (SSSR count). The summed E-state index contributed by atoms with van der Waals surface area (Å²) in [6.45, 7) is 0. The van der Waals surface area contributed by atoms with E-state index in [4.69, 9.17) is 27.6 Å². The number of para-hydroxylation sites is 1. The molecule has 1 N–H and O–H groups in total. The Kier molecular flexibility index (Phi) is 4.99. The van der Waals surface area contributed by atoms with E-state index in [0.717, 1.165) is 15.8 Å². The summed E-state index contributed by atoms with van der Waals surface area (Å²) >= 11 is 13.5. The molecule has 0 fully saturated rings. The number of amides is 1. The van der Waals surface area contributed by atoms with E-state index in [1.54, 1.807) is 36.4 Å². The van der Waals surface area contributed by atoms with Gasteiger partial charge < -0.3 is 4.42 Å². The van der Waals surface area contributed by atoms with Gasteiger partial charge in [-0.2, -0.15) is 0 Å². The van der Waals surface area contributed by atoms with Crippen molar-refractivity contribution in [3.8, 4) is 11.3 Å². The molecule has 0 bridgehead atoms. The summed E-state index contributed by atoms with van der Waals surface area (Å²) in [5, 5.41) is 4.37. The molecule has 0 atom stereocenters. The molecule has 0 aliphatic heterocycles. The summed E-state index contributed by atoms with van der Waals surface area (Å²) in [6.07, 6.45) is 3.00. The normalized spacial score (nSPS) is 11.3. The number of nitrogens with zero attached hydrogens (tertiary/aromatic N) is 1. The van der Waals surface area contributed by atoms with Gasteiger partial charge in [-0.3, -0.25) is 10.1 Å². The van der Waals surface area contributed by atoms with Crippen molar-refractivity contribution in [3.05, 3.63) is 76.5 Å². The van der Waals surface area contributed by atoms with Crippen LogP contribution in [0.2, 0.25) is 10.0 Å². The highest BCUT2D eigenvalue weighted by Gasteiger charge is 2.07. The van der Waals surface area contributed by atoms with Crippen LogP contribution in [0.4, 0.5) is 5.13 Å². The molecule has 1 amide bonds. The first-order valence-corrected chi connectivity index (χ1v) is 9.55. The predicted molar refractivity (Wildman–Crippen MR) is 111 cm³/mol. The summed E-state index contributed by atoms with van der Waals surface area (Å²) in [6, 6.07) is 16.5. The first-order valence-electron chi connectivity index (χ1n) is 7.98. The quantitative estimate of drug-likeness (QED) is 0.387. The van der Waals surface area contributed by atoms with Gasteiger partial charge in [-0.05, 0) is 48.5 Å². The SMILES string of the molecule is O=C(/C=C/c1ccc(-c2cc(Cl)cc(Cl)c2)o1)Nc1nc2ccccc2s1. The second-order valence-corrected chi connectivity index (χ2v) is 7.57. The molecule has 4 nitrogen and oxygen atoms in total. The molecular formula is C20H12Cl2N2O2S. The zero-order valence-corrected chi connectivity index (χ0v) is 16.1. The first kappa shape index (κ1) is 17.8. The molecule has 0 spiro atoms. The summed E-state index contributed by atoms with van der Waals surface area (Å²) in [4.78, 5) is 16.5. The maximum atomic E-state index is 12.1. The fourth-order valence-electron chi connectivity index (χ4n) is 2.52. The van der Waals surface area contributed by atoms with Crippen LogP contribution in [0.5, 0.6) is 0 Å². The maximum absolute atomic E-state index is 12.1. The van der Waals surface area contributed by atoms with Gasteiger partial charge in [-0.1, -0.05) is 46.7 Å². The third kappa shape index (κ3) is 4.22. The summed E-state index contributed by atoms with van der Waals surface area (Å²) in [7, 11) is 0. The van der Waals surface area contributed by atoms with Gasteiger partial charge in [-0.15, -0.1) is 0 Å². The molecule has 0 unspecified atom stereocenters. The Morgan fingerprint density at radius 3 is 2.63 bits per heavy atom. The third-order valence-corrected chi connectivity index (χ3v) is 5.09. The second kappa shape index (κ2) is 7.56. The van der Waals surface area contributed by atoms with Crippen molar-refractivity contribution in [2.75, 3.05) is 5.32 Å². The van der Waals surface area contributed by atoms with Gasteiger partial charge in [0.1, 0.15) is 11.5 Å². The first-order chi connectivity index (χ1) is 13.1. The van der Waals surface area contributed by atoms with Gasteiger partial charge in [0.25, 0.3) is 0 Å². The number of fused-ring (bicyclic) bond motifs is 1. The van der Waals surface area contributed by atoms with Crippen molar-refractivity contribution < 1.29 is 9.21 Å². The van der Waals surface area contributed by atoms with Crippen molar-refractivity contribution in [1.29, 1.82) is 0 Å². The highest BCUT2D eigenvalue weighted by molar-refractivity contribution is 7.22. The topological polar surface area (TPSA) is 55.1 Å². The minimum absolute atomic E-state index is 0.280. The Morgan fingerprint density at radius 2 is 1.85 bits per heavy atom. The number of hydrogen-bond donors (Lipinski definition) is 1. The Hall–Kier alpha value is -2.60. The van der Waals surface area contributed by atoms with E-state index in [1.165, 1.54) is 17.4 Å². The standard InChI is InChI=1S/C20H12Cl2N2O2S/c21-13-9-12(10-14(22)11-13)17-7-5-15(26-17)6-8-19(25)24-20-23-16-3-1-2-4-18(16)27-20/h1-11H,(H,23,24,25)/b8-6+. The van der Waals surface area contributed by atoms with Gasteiger partial charge >= 0.3 is 0 Å². The van der Waals surface area contributed by atoms with Crippen LogP contribution in [-0.4, -0.2) is 10.9 Å². The number of carbonyl (C=O) groups excluding carboxylic acids is 1. The molecule has 2 aromatic heterocycles. The van der Waals surface area contributed by atoms with Crippen molar-refractivity contribution in [1.82, 2.24) is 4.98 Å². The Labute approximate surface area is 169 Å². The fraction of sp³-hybridized carbons (Fsp3) is 0. The lowest BCUT2D eigenvalue weighted by molar-refractivity contribution is -0.111. The molecule has 0 aliphatic carbocycles. The molecule has 0 saturated carbocycles. The lowest BCUT2D eigenvalue weighted by Gasteiger charge is -1.99. The number of benzene rings is 2. The largest absolute Gasteiger partial charge is 0.457 e. The van der Waals surface area contributed by atoms with E-state index in [0.29, 0.717) is 26.7 Å². The van der Waals surface area contributed by atoms with Crippen LogP contribution in [0.1, 0.15) is 5.76 Å². The van der Waals surface area contributed by atoms with Gasteiger partial charge in [-0.25, -0.2) is 4.98 Å². The maximum Gasteiger partial charge on any atom is 0.250 e. The van der Waals surface area contributed by atoms with Gasteiger partial charge in [0.05, 0.1) is 10.2 Å². The summed E-state index contributed by atoms with van der Waals surface area (Å²) < 4.78 is 6.75. The van der Waals surface area contributed by atoms with E-state index in [2.05, 4.69) is 10.3 Å². The lowest BCUT2D eigenvalue weighted by atomic mass is 10.2. The van der Waals surface area contributed by atoms with Crippen LogP contribution in [0, 0.1) is 0 Å². The Balaban J connectivity index is 1.46. The number of furan rings is 1. The molecule has 0 saturated heterocycles. The van der Waals surface area contributed by atoms with Gasteiger partial charge in [0.15, 0.2) is 5.13 Å². The van der Waals surface area contributed by atoms with Crippen molar-refractivity contribution in [2.45, 2.75) is 0 Å². The molecule has 2 heterocycles. The number of anilines is 1. The molecule has 2 aromatic carbocycles. The van der Waals surface area contributed by atoms with Gasteiger partial charge in [0.2, 0.25) is 5.91 Å². The number of nitrogens with one attached hydrogen (secondary N) is 1. The molecular weight excluding hydrogens is 403 g/mol. The molecule has 134 valence electrons. The highest BCUT2D eigenvalue weighted by Crippen LogP contribution is 2.29. The van der Waals surface area contributed by atoms with Crippen LogP contribution < -0.4 is 5.32 Å². The smallest absolute Gasteiger partial charge is 0.250 e. The lowest BCUT2D eigenvalue weighted by Crippen LogP contribution is -2.07. The van der Waals surface area contributed by atoms with Gasteiger partial charge in [0, 0.05) is 21.7 Å². The van der Waals surface area contributed by atoms with E-state index in [1.807, 2.05) is 24.3 Å². The third-order valence-electron chi connectivity index (χ3n) is 3.70. The number of halogens is 2. The monoisotopic (exact) mass is 414 g/mol. The van der Waals surface area contributed by atoms with Crippen LogP contribution >= 0.6 is 34.5 Å². The van der Waals surface area contributed by atoms with Crippen LogP contribution in [-0.2, 0) is 4.79 Å². The second-order valence-electron chi connectivity index (χ2n) is 5.67. The molecule has 0 aliphatic rings. The predicted octanol–water partition coefficient (Wildman–Crippen LogP) is 6.52. The number of rotatable bonds is 4. The summed E-state index contributed by atoms with van der Waals surface area (Å²) in [5.41, 5.74) is 1.63. The van der Waals surface area contributed by atoms with E-state index in [-0.39, 0.29) is 5.91 Å². The van der Waals surface area contributed by atoms with Crippen LogP contribution in [0.15, 0.2) is 65.1 Å². The molecule has 4 aromatic rings. The van der Waals surface area contributed by atoms with E-state index in [9.17, 15) is 4.79 Å². The molecule has 27 heavy (non-hydrogen) atoms. The minimum Gasteiger partial charge on any atom is -0.457 e. The van der Waals surface area contributed by atoms with Crippen LogP contribution in [0.25, 0.3) is 27.6 Å².